The van der Waals surface area contributed by atoms with Crippen molar-refractivity contribution < 1.29 is 23.8 Å². The maximum atomic E-state index is 12.9. The van der Waals surface area contributed by atoms with Crippen LogP contribution >= 0.6 is 0 Å². The third kappa shape index (κ3) is 4.88. The Morgan fingerprint density at radius 1 is 1.17 bits per heavy atom. The summed E-state index contributed by atoms with van der Waals surface area (Å²) in [5.41, 5.74) is 0.286. The highest BCUT2D eigenvalue weighted by Gasteiger charge is 2.33. The molecular weight excluding hydrogens is 388 g/mol. The van der Waals surface area contributed by atoms with Crippen LogP contribution in [0.15, 0.2) is 51.9 Å². The quantitative estimate of drug-likeness (QED) is 0.774. The summed E-state index contributed by atoms with van der Waals surface area (Å²) in [4.78, 5) is 40.6. The van der Waals surface area contributed by atoms with Crippen LogP contribution in [0.5, 0.6) is 5.75 Å². The molecule has 0 spiro atoms. The van der Waals surface area contributed by atoms with Gasteiger partial charge in [-0.15, -0.1) is 0 Å². The zero-order chi connectivity index (χ0) is 21.1. The van der Waals surface area contributed by atoms with E-state index in [0.29, 0.717) is 25.6 Å². The highest BCUT2D eigenvalue weighted by Crippen LogP contribution is 2.29. The van der Waals surface area contributed by atoms with E-state index in [1.165, 1.54) is 4.90 Å². The third-order valence-electron chi connectivity index (χ3n) is 5.32. The Kier molecular flexibility index (Phi) is 5.85. The van der Waals surface area contributed by atoms with Gasteiger partial charge in [-0.2, -0.15) is 0 Å². The van der Waals surface area contributed by atoms with Crippen molar-refractivity contribution in [1.82, 2.24) is 9.80 Å². The van der Waals surface area contributed by atoms with E-state index >= 15 is 0 Å². The monoisotopic (exact) mass is 412 g/mol. The molecule has 1 saturated carbocycles. The summed E-state index contributed by atoms with van der Waals surface area (Å²) in [6, 6.07) is 10.6. The SMILES string of the molecule is O=C1CN(C(=O)c2cc(=O)c(O)co2)C[C@H](OCC2CC2)CN1Cc1ccccc1. The van der Waals surface area contributed by atoms with Crippen molar-refractivity contribution in [1.29, 1.82) is 0 Å². The molecule has 0 radical (unpaired) electrons. The molecule has 1 aromatic heterocycles. The van der Waals surface area contributed by atoms with Crippen molar-refractivity contribution in [3.8, 4) is 5.75 Å². The van der Waals surface area contributed by atoms with E-state index < -0.39 is 17.1 Å². The number of aromatic hydroxyl groups is 1. The molecule has 8 heteroatoms. The van der Waals surface area contributed by atoms with Gasteiger partial charge in [0.15, 0.2) is 11.5 Å². The first-order valence-corrected chi connectivity index (χ1v) is 10.0. The van der Waals surface area contributed by atoms with Gasteiger partial charge in [0, 0.05) is 32.3 Å². The van der Waals surface area contributed by atoms with E-state index in [1.807, 2.05) is 30.3 Å². The van der Waals surface area contributed by atoms with E-state index in [9.17, 15) is 19.5 Å². The number of hydrogen-bond acceptors (Lipinski definition) is 6. The minimum Gasteiger partial charge on any atom is -0.502 e. The van der Waals surface area contributed by atoms with Gasteiger partial charge in [0.1, 0.15) is 12.8 Å². The minimum atomic E-state index is -0.710. The third-order valence-corrected chi connectivity index (χ3v) is 5.32. The lowest BCUT2D eigenvalue weighted by Crippen LogP contribution is -2.40. The molecule has 1 atom stereocenters. The molecule has 30 heavy (non-hydrogen) atoms. The van der Waals surface area contributed by atoms with Gasteiger partial charge in [0.05, 0.1) is 6.10 Å². The number of benzene rings is 1. The average Bonchev–Trinajstić information content (AvgIpc) is 3.58. The number of carbonyl (C=O) groups is 2. The summed E-state index contributed by atoms with van der Waals surface area (Å²) < 4.78 is 11.1. The van der Waals surface area contributed by atoms with Crippen molar-refractivity contribution in [3.63, 3.8) is 0 Å². The van der Waals surface area contributed by atoms with Crippen molar-refractivity contribution in [2.24, 2.45) is 5.92 Å². The van der Waals surface area contributed by atoms with Crippen LogP contribution in [0.3, 0.4) is 0 Å². The zero-order valence-electron chi connectivity index (χ0n) is 16.5. The summed E-state index contributed by atoms with van der Waals surface area (Å²) >= 11 is 0. The van der Waals surface area contributed by atoms with Crippen molar-refractivity contribution in [3.05, 3.63) is 64.2 Å². The Balaban J connectivity index is 1.53. The minimum absolute atomic E-state index is 0.139. The zero-order valence-corrected chi connectivity index (χ0v) is 16.5. The van der Waals surface area contributed by atoms with E-state index in [4.69, 9.17) is 9.15 Å². The second-order valence-corrected chi connectivity index (χ2v) is 7.84. The molecule has 1 aliphatic heterocycles. The van der Waals surface area contributed by atoms with Gasteiger partial charge in [-0.25, -0.2) is 0 Å². The highest BCUT2D eigenvalue weighted by molar-refractivity contribution is 5.94. The summed E-state index contributed by atoms with van der Waals surface area (Å²) in [5, 5.41) is 9.36. The number of hydrogen-bond donors (Lipinski definition) is 1. The Bertz CT molecular complexity index is 969. The van der Waals surface area contributed by atoms with Gasteiger partial charge in [-0.1, -0.05) is 30.3 Å². The predicted octanol–water partition coefficient (Wildman–Crippen LogP) is 1.63. The first-order valence-electron chi connectivity index (χ1n) is 10.0. The van der Waals surface area contributed by atoms with E-state index in [0.717, 1.165) is 30.7 Å². The maximum absolute atomic E-state index is 12.9. The maximum Gasteiger partial charge on any atom is 0.290 e. The van der Waals surface area contributed by atoms with Crippen LogP contribution in [0.1, 0.15) is 29.0 Å². The fraction of sp³-hybridized carbons (Fsp3) is 0.409. The Labute approximate surface area is 173 Å². The Morgan fingerprint density at radius 3 is 2.63 bits per heavy atom. The summed E-state index contributed by atoms with van der Waals surface area (Å²) in [5.74, 6) is -1.03. The summed E-state index contributed by atoms with van der Waals surface area (Å²) in [7, 11) is 0. The number of rotatable bonds is 6. The molecule has 1 saturated heterocycles. The average molecular weight is 412 g/mol. The fourth-order valence-electron chi connectivity index (χ4n) is 3.42. The molecule has 1 N–H and O–H groups in total. The Hall–Kier alpha value is -3.13. The van der Waals surface area contributed by atoms with E-state index in [-0.39, 0.29) is 30.9 Å². The second-order valence-electron chi connectivity index (χ2n) is 7.84. The molecule has 2 amide bonds. The topological polar surface area (TPSA) is 100 Å². The molecule has 2 heterocycles. The summed E-state index contributed by atoms with van der Waals surface area (Å²) in [6.45, 7) is 1.49. The van der Waals surface area contributed by atoms with Crippen LogP contribution in [-0.2, 0) is 16.1 Å². The van der Waals surface area contributed by atoms with Crippen molar-refractivity contribution >= 4 is 11.8 Å². The smallest absolute Gasteiger partial charge is 0.290 e. The number of nitrogens with zero attached hydrogens (tertiary/aromatic N) is 2. The van der Waals surface area contributed by atoms with Crippen LogP contribution in [0.2, 0.25) is 0 Å². The molecule has 2 aliphatic rings. The molecule has 0 bridgehead atoms. The number of ether oxygens (including phenoxy) is 1. The molecule has 1 aliphatic carbocycles. The van der Waals surface area contributed by atoms with Gasteiger partial charge in [0.2, 0.25) is 11.3 Å². The molecule has 0 unspecified atom stereocenters. The molecular formula is C22H24N2O6. The lowest BCUT2D eigenvalue weighted by Gasteiger charge is -2.24. The molecule has 8 nitrogen and oxygen atoms in total. The highest BCUT2D eigenvalue weighted by atomic mass is 16.5. The van der Waals surface area contributed by atoms with E-state index in [2.05, 4.69) is 0 Å². The lowest BCUT2D eigenvalue weighted by molar-refractivity contribution is -0.132. The van der Waals surface area contributed by atoms with Crippen LogP contribution in [0.25, 0.3) is 0 Å². The number of carbonyl (C=O) groups excluding carboxylic acids is 2. The van der Waals surface area contributed by atoms with Crippen molar-refractivity contribution in [2.75, 3.05) is 26.2 Å². The van der Waals surface area contributed by atoms with Gasteiger partial charge >= 0.3 is 0 Å². The molecule has 4 rings (SSSR count). The fourth-order valence-corrected chi connectivity index (χ4v) is 3.42. The number of amides is 2. The van der Waals surface area contributed by atoms with Crippen LogP contribution < -0.4 is 5.43 Å². The van der Waals surface area contributed by atoms with Gasteiger partial charge in [-0.3, -0.25) is 14.4 Å². The van der Waals surface area contributed by atoms with Crippen molar-refractivity contribution in [2.45, 2.75) is 25.5 Å². The van der Waals surface area contributed by atoms with E-state index in [1.54, 1.807) is 4.90 Å². The molecule has 158 valence electrons. The first-order chi connectivity index (χ1) is 14.5. The second kappa shape index (κ2) is 8.71. The largest absolute Gasteiger partial charge is 0.502 e. The standard InChI is InChI=1S/C22H24N2O6/c25-18-8-20(30-14-19(18)26)22(28)24-11-17(29-13-16-6-7-16)10-23(21(27)12-24)9-15-4-2-1-3-5-15/h1-5,8,14,16-17,26H,6-7,9-13H2/t17-/m1/s1. The lowest BCUT2D eigenvalue weighted by atomic mass is 10.2. The molecule has 1 aromatic carbocycles. The molecule has 2 aromatic rings. The first kappa shape index (κ1) is 20.2. The Morgan fingerprint density at radius 2 is 1.93 bits per heavy atom. The normalized spacial score (nSPS) is 19.6. The molecule has 2 fully saturated rings. The van der Waals surface area contributed by atoms with Gasteiger partial charge < -0.3 is 24.1 Å². The van der Waals surface area contributed by atoms with Crippen LogP contribution in [0.4, 0.5) is 0 Å². The van der Waals surface area contributed by atoms with Gasteiger partial charge in [0.25, 0.3) is 5.91 Å². The predicted molar refractivity (Wildman–Crippen MR) is 107 cm³/mol. The summed E-state index contributed by atoms with van der Waals surface area (Å²) in [6.07, 6.45) is 2.77. The van der Waals surface area contributed by atoms with Crippen LogP contribution in [-0.4, -0.2) is 59.1 Å². The van der Waals surface area contributed by atoms with Crippen LogP contribution in [0, 0.1) is 5.92 Å². The van der Waals surface area contributed by atoms with Gasteiger partial charge in [-0.05, 0) is 24.3 Å².